The first-order valence-corrected chi connectivity index (χ1v) is 10.3. The zero-order chi connectivity index (χ0) is 20.1. The predicted molar refractivity (Wildman–Crippen MR) is 113 cm³/mol. The normalized spacial score (nSPS) is 18.6. The number of benzene rings is 2. The molecule has 0 amide bonds. The van der Waals surface area contributed by atoms with E-state index in [1.54, 1.807) is 0 Å². The van der Waals surface area contributed by atoms with Gasteiger partial charge in [0.1, 0.15) is 5.57 Å². The van der Waals surface area contributed by atoms with Crippen molar-refractivity contribution in [3.05, 3.63) is 63.4 Å². The second-order valence-electron chi connectivity index (χ2n) is 8.06. The van der Waals surface area contributed by atoms with E-state index in [-0.39, 0.29) is 5.76 Å². The topological polar surface area (TPSA) is 46.5 Å². The van der Waals surface area contributed by atoms with Gasteiger partial charge in [0, 0.05) is 5.02 Å². The molecule has 4 heteroatoms. The van der Waals surface area contributed by atoms with E-state index in [0.29, 0.717) is 23.4 Å². The fourth-order valence-corrected chi connectivity index (χ4v) is 5.04. The average molecular weight is 397 g/mol. The van der Waals surface area contributed by atoms with E-state index in [1.165, 1.54) is 0 Å². The van der Waals surface area contributed by atoms with E-state index in [9.17, 15) is 9.90 Å². The van der Waals surface area contributed by atoms with Crippen molar-refractivity contribution in [3.63, 3.8) is 0 Å². The fourth-order valence-electron chi connectivity index (χ4n) is 4.91. The van der Waals surface area contributed by atoms with Crippen molar-refractivity contribution in [3.8, 4) is 11.1 Å². The van der Waals surface area contributed by atoms with E-state index < -0.39 is 11.6 Å². The summed E-state index contributed by atoms with van der Waals surface area (Å²) in [5.41, 5.74) is 5.49. The highest BCUT2D eigenvalue weighted by Crippen LogP contribution is 2.47. The molecule has 0 bridgehead atoms. The molecular formula is C24H25ClO3. The van der Waals surface area contributed by atoms with Crippen molar-refractivity contribution in [1.82, 2.24) is 0 Å². The number of halogens is 1. The van der Waals surface area contributed by atoms with Crippen LogP contribution in [0.15, 0.2) is 36.1 Å². The number of rotatable bonds is 2. The number of ether oxygens (including phenoxy) is 1. The van der Waals surface area contributed by atoms with Gasteiger partial charge in [-0.25, -0.2) is 4.79 Å². The van der Waals surface area contributed by atoms with Gasteiger partial charge in [0.15, 0.2) is 11.4 Å². The minimum absolute atomic E-state index is 0.120. The molecule has 3 nitrogen and oxygen atoms in total. The number of carbonyl (C=O) groups is 1. The Morgan fingerprint density at radius 1 is 0.964 bits per heavy atom. The lowest BCUT2D eigenvalue weighted by molar-refractivity contribution is -0.149. The fraction of sp³-hybridized carbons (Fsp3) is 0.375. The van der Waals surface area contributed by atoms with Gasteiger partial charge in [-0.1, -0.05) is 36.2 Å². The van der Waals surface area contributed by atoms with Gasteiger partial charge in [0.25, 0.3) is 0 Å². The predicted octanol–water partition coefficient (Wildman–Crippen LogP) is 6.46. The van der Waals surface area contributed by atoms with E-state index in [1.807, 2.05) is 38.1 Å². The summed E-state index contributed by atoms with van der Waals surface area (Å²) in [6, 6.07) is 9.78. The van der Waals surface area contributed by atoms with Gasteiger partial charge in [-0.05, 0) is 92.0 Å². The number of hydrogen-bond donors (Lipinski definition) is 1. The largest absolute Gasteiger partial charge is 0.507 e. The summed E-state index contributed by atoms with van der Waals surface area (Å²) in [5.74, 6) is -0.286. The van der Waals surface area contributed by atoms with Crippen LogP contribution < -0.4 is 0 Å². The zero-order valence-electron chi connectivity index (χ0n) is 16.6. The molecule has 2 aromatic carbocycles. The summed E-state index contributed by atoms with van der Waals surface area (Å²) in [4.78, 5) is 12.9. The van der Waals surface area contributed by atoms with E-state index >= 15 is 0 Å². The van der Waals surface area contributed by atoms with Crippen LogP contribution in [0.3, 0.4) is 0 Å². The van der Waals surface area contributed by atoms with Crippen molar-refractivity contribution < 1.29 is 14.6 Å². The van der Waals surface area contributed by atoms with E-state index in [0.717, 1.165) is 52.6 Å². The lowest BCUT2D eigenvalue weighted by Crippen LogP contribution is -2.34. The average Bonchev–Trinajstić information content (AvgIpc) is 2.88. The third kappa shape index (κ3) is 2.93. The molecule has 1 aliphatic carbocycles. The van der Waals surface area contributed by atoms with Crippen LogP contribution >= 0.6 is 11.6 Å². The number of carbonyl (C=O) groups excluding carboxylic acids is 1. The molecular weight excluding hydrogens is 372 g/mol. The Labute approximate surface area is 171 Å². The zero-order valence-corrected chi connectivity index (χ0v) is 17.3. The SMILES string of the molecule is Cc1cc(C)c(-c2ccc(Cl)cc2)c(C)c1C1=C(O)C2(CCCCC2)OC1=O. The van der Waals surface area contributed by atoms with Crippen molar-refractivity contribution in [2.75, 3.05) is 0 Å². The second-order valence-corrected chi connectivity index (χ2v) is 8.50. The number of aliphatic hydroxyl groups is 1. The van der Waals surface area contributed by atoms with Gasteiger partial charge in [-0.15, -0.1) is 0 Å². The molecule has 0 atom stereocenters. The molecule has 1 spiro atoms. The van der Waals surface area contributed by atoms with Gasteiger partial charge >= 0.3 is 5.97 Å². The molecule has 1 aliphatic heterocycles. The molecule has 2 aromatic rings. The van der Waals surface area contributed by atoms with Gasteiger partial charge in [0.2, 0.25) is 0 Å². The summed E-state index contributed by atoms with van der Waals surface area (Å²) >= 11 is 6.06. The number of hydrogen-bond acceptors (Lipinski definition) is 3. The second kappa shape index (κ2) is 6.97. The molecule has 1 saturated carbocycles. The van der Waals surface area contributed by atoms with Gasteiger partial charge in [-0.2, -0.15) is 0 Å². The molecule has 1 N–H and O–H groups in total. The lowest BCUT2D eigenvalue weighted by atomic mass is 9.81. The van der Waals surface area contributed by atoms with Crippen LogP contribution in [-0.4, -0.2) is 16.7 Å². The molecule has 0 aromatic heterocycles. The Balaban J connectivity index is 1.92. The monoisotopic (exact) mass is 396 g/mol. The number of aryl methyl sites for hydroxylation is 2. The Kier molecular flexibility index (Phi) is 4.75. The van der Waals surface area contributed by atoms with Crippen LogP contribution in [0, 0.1) is 20.8 Å². The first-order chi connectivity index (χ1) is 13.3. The Bertz CT molecular complexity index is 980. The Hall–Kier alpha value is -2.26. The van der Waals surface area contributed by atoms with Gasteiger partial charge < -0.3 is 9.84 Å². The van der Waals surface area contributed by atoms with Crippen LogP contribution in [-0.2, 0) is 9.53 Å². The summed E-state index contributed by atoms with van der Waals surface area (Å²) < 4.78 is 5.79. The lowest BCUT2D eigenvalue weighted by Gasteiger charge is -2.31. The molecule has 146 valence electrons. The van der Waals surface area contributed by atoms with Crippen LogP contribution in [0.1, 0.15) is 54.4 Å². The minimum Gasteiger partial charge on any atom is -0.507 e. The standard InChI is InChI=1S/C24H25ClO3/c1-14-13-15(2)20(16(3)19(14)17-7-9-18(25)10-8-17)21-22(26)24(28-23(21)27)11-5-4-6-12-24/h7-10,13,26H,4-6,11-12H2,1-3H3. The summed E-state index contributed by atoms with van der Waals surface area (Å²) in [5, 5.41) is 11.8. The molecule has 2 aliphatic rings. The van der Waals surface area contributed by atoms with Crippen LogP contribution in [0.5, 0.6) is 0 Å². The van der Waals surface area contributed by atoms with Gasteiger partial charge in [0.05, 0.1) is 0 Å². The first-order valence-electron chi connectivity index (χ1n) is 9.88. The van der Waals surface area contributed by atoms with Crippen LogP contribution in [0.25, 0.3) is 16.7 Å². The quantitative estimate of drug-likeness (QED) is 0.592. The smallest absolute Gasteiger partial charge is 0.343 e. The van der Waals surface area contributed by atoms with Crippen LogP contribution in [0.2, 0.25) is 5.02 Å². The molecule has 1 fully saturated rings. The maximum absolute atomic E-state index is 12.9. The molecule has 4 rings (SSSR count). The Morgan fingerprint density at radius 3 is 2.21 bits per heavy atom. The van der Waals surface area contributed by atoms with E-state index in [2.05, 4.69) is 13.0 Å². The highest BCUT2D eigenvalue weighted by molar-refractivity contribution is 6.30. The molecule has 0 saturated heterocycles. The maximum atomic E-state index is 12.9. The summed E-state index contributed by atoms with van der Waals surface area (Å²) in [6.45, 7) is 6.07. The van der Waals surface area contributed by atoms with Crippen molar-refractivity contribution in [2.45, 2.75) is 58.5 Å². The molecule has 28 heavy (non-hydrogen) atoms. The van der Waals surface area contributed by atoms with Crippen molar-refractivity contribution in [2.24, 2.45) is 0 Å². The highest BCUT2D eigenvalue weighted by Gasteiger charge is 2.49. The van der Waals surface area contributed by atoms with Crippen molar-refractivity contribution in [1.29, 1.82) is 0 Å². The highest BCUT2D eigenvalue weighted by atomic mass is 35.5. The Morgan fingerprint density at radius 2 is 1.57 bits per heavy atom. The van der Waals surface area contributed by atoms with Gasteiger partial charge in [-0.3, -0.25) is 0 Å². The first kappa shape index (κ1) is 19.1. The minimum atomic E-state index is -0.825. The molecule has 0 radical (unpaired) electrons. The van der Waals surface area contributed by atoms with Crippen LogP contribution in [0.4, 0.5) is 0 Å². The number of esters is 1. The summed E-state index contributed by atoms with van der Waals surface area (Å²) in [7, 11) is 0. The molecule has 0 unspecified atom stereocenters. The van der Waals surface area contributed by atoms with Crippen molar-refractivity contribution >= 4 is 23.1 Å². The maximum Gasteiger partial charge on any atom is 0.343 e. The molecule has 1 heterocycles. The number of aliphatic hydroxyl groups excluding tert-OH is 1. The van der Waals surface area contributed by atoms with E-state index in [4.69, 9.17) is 16.3 Å². The third-order valence-electron chi connectivity index (χ3n) is 6.18. The summed E-state index contributed by atoms with van der Waals surface area (Å²) in [6.07, 6.45) is 4.44. The third-order valence-corrected chi connectivity index (χ3v) is 6.43.